The Balaban J connectivity index is 2.11. The molecule has 0 aliphatic heterocycles. The lowest BCUT2D eigenvalue weighted by atomic mass is 10.3. The van der Waals surface area contributed by atoms with Gasteiger partial charge in [0.15, 0.2) is 5.03 Å². The molecule has 2 aromatic heterocycles. The molecule has 0 aliphatic carbocycles. The first-order valence-electron chi connectivity index (χ1n) is 5.63. The third-order valence-corrected chi connectivity index (χ3v) is 4.81. The van der Waals surface area contributed by atoms with Crippen LogP contribution in [0.15, 0.2) is 35.5 Å². The first-order chi connectivity index (χ1) is 9.38. The third-order valence-electron chi connectivity index (χ3n) is 2.49. The van der Waals surface area contributed by atoms with E-state index in [1.54, 1.807) is 0 Å². The molecular formula is C12H12N2O4S2. The van der Waals surface area contributed by atoms with Gasteiger partial charge in [0.1, 0.15) is 0 Å². The van der Waals surface area contributed by atoms with Gasteiger partial charge in [0.25, 0.3) is 10.0 Å². The molecule has 2 aromatic rings. The van der Waals surface area contributed by atoms with Gasteiger partial charge in [0.2, 0.25) is 0 Å². The van der Waals surface area contributed by atoms with Gasteiger partial charge < -0.3 is 5.11 Å². The molecule has 0 aromatic carbocycles. The van der Waals surface area contributed by atoms with Gasteiger partial charge in [-0.05, 0) is 31.2 Å². The van der Waals surface area contributed by atoms with E-state index in [9.17, 15) is 13.2 Å². The quantitative estimate of drug-likeness (QED) is 0.874. The van der Waals surface area contributed by atoms with E-state index in [-0.39, 0.29) is 17.1 Å². The number of hydrogen-bond acceptors (Lipinski definition) is 5. The van der Waals surface area contributed by atoms with E-state index in [1.165, 1.54) is 23.5 Å². The van der Waals surface area contributed by atoms with Crippen molar-refractivity contribution in [1.29, 1.82) is 0 Å². The average molecular weight is 312 g/mol. The van der Waals surface area contributed by atoms with Gasteiger partial charge in [-0.25, -0.2) is 22.9 Å². The van der Waals surface area contributed by atoms with Gasteiger partial charge in [0.05, 0.1) is 5.56 Å². The second-order valence-corrected chi connectivity index (χ2v) is 7.11. The van der Waals surface area contributed by atoms with Crippen LogP contribution in [0.1, 0.15) is 20.1 Å². The second kappa shape index (κ2) is 5.70. The molecule has 2 heterocycles. The van der Waals surface area contributed by atoms with E-state index in [0.717, 1.165) is 16.0 Å². The fourth-order valence-electron chi connectivity index (χ4n) is 1.49. The number of nitrogens with zero attached hydrogens (tertiary/aromatic N) is 1. The number of hydrogen-bond donors (Lipinski definition) is 2. The molecule has 0 fully saturated rings. The summed E-state index contributed by atoms with van der Waals surface area (Å²) in [7, 11) is -3.74. The zero-order valence-electron chi connectivity index (χ0n) is 10.5. The minimum absolute atomic E-state index is 0.0576. The Morgan fingerprint density at radius 1 is 1.35 bits per heavy atom. The van der Waals surface area contributed by atoms with Crippen LogP contribution >= 0.6 is 11.3 Å². The largest absolute Gasteiger partial charge is 0.478 e. The lowest BCUT2D eigenvalue weighted by molar-refractivity contribution is 0.0696. The first kappa shape index (κ1) is 14.6. The van der Waals surface area contributed by atoms with Crippen molar-refractivity contribution < 1.29 is 18.3 Å². The highest BCUT2D eigenvalue weighted by atomic mass is 32.2. The molecule has 0 amide bonds. The number of aromatic carboxylic acids is 1. The average Bonchev–Trinajstić information content (AvgIpc) is 2.82. The lowest BCUT2D eigenvalue weighted by Crippen LogP contribution is -2.23. The van der Waals surface area contributed by atoms with Crippen LogP contribution in [0.3, 0.4) is 0 Å². The van der Waals surface area contributed by atoms with Crippen LogP contribution in [0.4, 0.5) is 0 Å². The molecule has 2 N–H and O–H groups in total. The first-order valence-corrected chi connectivity index (χ1v) is 7.93. The Kier molecular flexibility index (Phi) is 4.17. The summed E-state index contributed by atoms with van der Waals surface area (Å²) < 4.78 is 26.4. The van der Waals surface area contributed by atoms with E-state index in [4.69, 9.17) is 5.11 Å². The summed E-state index contributed by atoms with van der Waals surface area (Å²) in [6.45, 7) is 2.12. The molecule has 20 heavy (non-hydrogen) atoms. The van der Waals surface area contributed by atoms with E-state index >= 15 is 0 Å². The lowest BCUT2D eigenvalue weighted by Gasteiger charge is -2.05. The highest BCUT2D eigenvalue weighted by Gasteiger charge is 2.16. The highest BCUT2D eigenvalue weighted by Crippen LogP contribution is 2.15. The molecule has 8 heteroatoms. The number of carboxylic acids is 1. The van der Waals surface area contributed by atoms with Crippen molar-refractivity contribution in [3.8, 4) is 0 Å². The van der Waals surface area contributed by atoms with Crippen molar-refractivity contribution in [2.24, 2.45) is 0 Å². The maximum absolute atomic E-state index is 12.0. The number of aryl methyl sites for hydroxylation is 1. The summed E-state index contributed by atoms with van der Waals surface area (Å²) in [6, 6.07) is 6.14. The molecule has 0 aliphatic rings. The van der Waals surface area contributed by atoms with Crippen LogP contribution in [0.5, 0.6) is 0 Å². The SMILES string of the molecule is Cc1ccc(CNS(=O)(=O)c2ccc(C(=O)O)cn2)s1. The zero-order chi connectivity index (χ0) is 14.8. The predicted octanol–water partition coefficient (Wildman–Crippen LogP) is 1.63. The van der Waals surface area contributed by atoms with Crippen LogP contribution in [-0.4, -0.2) is 24.5 Å². The molecule has 0 saturated carbocycles. The maximum Gasteiger partial charge on any atom is 0.337 e. The van der Waals surface area contributed by atoms with Gasteiger partial charge in [-0.3, -0.25) is 0 Å². The van der Waals surface area contributed by atoms with Gasteiger partial charge in [0, 0.05) is 22.5 Å². The summed E-state index contributed by atoms with van der Waals surface area (Å²) in [4.78, 5) is 16.3. The highest BCUT2D eigenvalue weighted by molar-refractivity contribution is 7.89. The van der Waals surface area contributed by atoms with Gasteiger partial charge in [-0.15, -0.1) is 11.3 Å². The van der Waals surface area contributed by atoms with Crippen LogP contribution in [-0.2, 0) is 16.6 Å². The molecule has 6 nitrogen and oxygen atoms in total. The standard InChI is InChI=1S/C12H12N2O4S2/c1-8-2-4-10(19-8)7-14-20(17,18)11-5-3-9(6-13-11)12(15)16/h2-6,14H,7H2,1H3,(H,15,16). The summed E-state index contributed by atoms with van der Waals surface area (Å²) in [5.74, 6) is -1.15. The van der Waals surface area contributed by atoms with Crippen molar-refractivity contribution in [3.63, 3.8) is 0 Å². The van der Waals surface area contributed by atoms with E-state index < -0.39 is 16.0 Å². The molecule has 0 atom stereocenters. The Bertz CT molecular complexity index is 720. The van der Waals surface area contributed by atoms with E-state index in [0.29, 0.717) is 0 Å². The Labute approximate surface area is 120 Å². The van der Waals surface area contributed by atoms with Crippen molar-refractivity contribution >= 4 is 27.3 Å². The summed E-state index contributed by atoms with van der Waals surface area (Å²) in [6.07, 6.45) is 1.02. The summed E-state index contributed by atoms with van der Waals surface area (Å²) in [5.41, 5.74) is -0.0576. The molecule has 2 rings (SSSR count). The van der Waals surface area contributed by atoms with Crippen molar-refractivity contribution in [2.45, 2.75) is 18.5 Å². The third kappa shape index (κ3) is 3.41. The summed E-state index contributed by atoms with van der Waals surface area (Å²) in [5, 5.41) is 8.53. The molecule has 0 radical (unpaired) electrons. The maximum atomic E-state index is 12.0. The fraction of sp³-hybridized carbons (Fsp3) is 0.167. The van der Waals surface area contributed by atoms with Gasteiger partial charge in [-0.2, -0.15) is 0 Å². The summed E-state index contributed by atoms with van der Waals surface area (Å²) >= 11 is 1.50. The second-order valence-electron chi connectivity index (χ2n) is 4.03. The number of carbonyl (C=O) groups is 1. The van der Waals surface area contributed by atoms with Crippen molar-refractivity contribution in [2.75, 3.05) is 0 Å². The number of rotatable bonds is 5. The molecule has 106 valence electrons. The monoisotopic (exact) mass is 312 g/mol. The fourth-order valence-corrected chi connectivity index (χ4v) is 3.34. The molecule has 0 saturated heterocycles. The van der Waals surface area contributed by atoms with Crippen molar-refractivity contribution in [3.05, 3.63) is 45.8 Å². The minimum atomic E-state index is -3.74. The van der Waals surface area contributed by atoms with Crippen LogP contribution in [0, 0.1) is 6.92 Å². The Morgan fingerprint density at radius 2 is 2.10 bits per heavy atom. The number of nitrogens with one attached hydrogen (secondary N) is 1. The Hall–Kier alpha value is -1.77. The van der Waals surface area contributed by atoms with Gasteiger partial charge >= 0.3 is 5.97 Å². The van der Waals surface area contributed by atoms with Gasteiger partial charge in [-0.1, -0.05) is 0 Å². The smallest absolute Gasteiger partial charge is 0.337 e. The molecule has 0 unspecified atom stereocenters. The van der Waals surface area contributed by atoms with Crippen LogP contribution in [0.25, 0.3) is 0 Å². The Morgan fingerprint density at radius 3 is 2.60 bits per heavy atom. The van der Waals surface area contributed by atoms with Crippen LogP contribution < -0.4 is 4.72 Å². The van der Waals surface area contributed by atoms with Crippen molar-refractivity contribution in [1.82, 2.24) is 9.71 Å². The van der Waals surface area contributed by atoms with E-state index in [2.05, 4.69) is 9.71 Å². The topological polar surface area (TPSA) is 96.4 Å². The number of aromatic nitrogens is 1. The van der Waals surface area contributed by atoms with E-state index in [1.807, 2.05) is 19.1 Å². The number of pyridine rings is 1. The normalized spacial score (nSPS) is 11.4. The molecular weight excluding hydrogens is 300 g/mol. The number of thiophene rings is 1. The van der Waals surface area contributed by atoms with Crippen LogP contribution in [0.2, 0.25) is 0 Å². The molecule has 0 bridgehead atoms. The molecule has 0 spiro atoms. The minimum Gasteiger partial charge on any atom is -0.478 e. The number of carboxylic acid groups (broad SMARTS) is 1. The number of sulfonamides is 1. The predicted molar refractivity (Wildman–Crippen MR) is 74.3 cm³/mol. The zero-order valence-corrected chi connectivity index (χ0v) is 12.2.